The van der Waals surface area contributed by atoms with Crippen molar-refractivity contribution in [1.29, 1.82) is 0 Å². The van der Waals surface area contributed by atoms with Gasteiger partial charge in [0.2, 0.25) is 0 Å². The average molecular weight is 178 g/mol. The van der Waals surface area contributed by atoms with Gasteiger partial charge in [0, 0.05) is 6.42 Å². The molecule has 72 valence electrons. The summed E-state index contributed by atoms with van der Waals surface area (Å²) in [5, 5.41) is 0. The Morgan fingerprint density at radius 1 is 1.38 bits per heavy atom. The molecule has 0 spiro atoms. The molecule has 0 heterocycles. The van der Waals surface area contributed by atoms with Crippen molar-refractivity contribution >= 4 is 5.78 Å². The smallest absolute Gasteiger partial charge is 0.158 e. The first-order valence-corrected chi connectivity index (χ1v) is 4.86. The van der Waals surface area contributed by atoms with Crippen LogP contribution in [0.1, 0.15) is 40.5 Å². The van der Waals surface area contributed by atoms with Crippen LogP contribution in [0.15, 0.2) is 23.3 Å². The normalized spacial score (nSPS) is 22.9. The SMILES string of the molecule is C/C=C/C1=C(C)C(=O)CCC1(C)C. The first kappa shape index (κ1) is 10.2. The summed E-state index contributed by atoms with van der Waals surface area (Å²) in [4.78, 5) is 11.5. The van der Waals surface area contributed by atoms with E-state index in [0.717, 1.165) is 12.0 Å². The molecular formula is C12H18O. The van der Waals surface area contributed by atoms with Crippen LogP contribution in [0.25, 0.3) is 0 Å². The van der Waals surface area contributed by atoms with Crippen molar-refractivity contribution in [3.05, 3.63) is 23.3 Å². The molecule has 1 aliphatic rings. The summed E-state index contributed by atoms with van der Waals surface area (Å²) in [7, 11) is 0. The van der Waals surface area contributed by atoms with Gasteiger partial charge in [-0.15, -0.1) is 0 Å². The Labute approximate surface area is 80.5 Å². The highest BCUT2D eigenvalue weighted by molar-refractivity contribution is 5.97. The van der Waals surface area contributed by atoms with Gasteiger partial charge in [0.25, 0.3) is 0 Å². The molecule has 0 saturated carbocycles. The molecule has 0 bridgehead atoms. The zero-order valence-corrected chi connectivity index (χ0v) is 8.98. The minimum Gasteiger partial charge on any atom is -0.295 e. The lowest BCUT2D eigenvalue weighted by Gasteiger charge is -2.31. The molecule has 0 atom stereocenters. The predicted octanol–water partition coefficient (Wildman–Crippen LogP) is 3.27. The molecule has 0 amide bonds. The summed E-state index contributed by atoms with van der Waals surface area (Å²) < 4.78 is 0. The van der Waals surface area contributed by atoms with Gasteiger partial charge in [0.15, 0.2) is 5.78 Å². The van der Waals surface area contributed by atoms with Crippen LogP contribution in [0.3, 0.4) is 0 Å². The highest BCUT2D eigenvalue weighted by atomic mass is 16.1. The van der Waals surface area contributed by atoms with Crippen LogP contribution in [0, 0.1) is 5.41 Å². The first-order chi connectivity index (χ1) is 5.99. The number of rotatable bonds is 1. The molecule has 0 aromatic carbocycles. The molecule has 1 nitrogen and oxygen atoms in total. The maximum Gasteiger partial charge on any atom is 0.158 e. The summed E-state index contributed by atoms with van der Waals surface area (Å²) in [6, 6.07) is 0. The molecule has 0 aromatic heterocycles. The van der Waals surface area contributed by atoms with Crippen molar-refractivity contribution in [2.75, 3.05) is 0 Å². The molecular weight excluding hydrogens is 160 g/mol. The van der Waals surface area contributed by atoms with Crippen LogP contribution in [0.5, 0.6) is 0 Å². The Kier molecular flexibility index (Phi) is 2.74. The van der Waals surface area contributed by atoms with Crippen molar-refractivity contribution in [3.8, 4) is 0 Å². The Morgan fingerprint density at radius 3 is 2.54 bits per heavy atom. The van der Waals surface area contributed by atoms with E-state index in [1.807, 2.05) is 19.9 Å². The third kappa shape index (κ3) is 1.90. The van der Waals surface area contributed by atoms with Crippen LogP contribution in [-0.4, -0.2) is 5.78 Å². The molecule has 0 aliphatic heterocycles. The largest absolute Gasteiger partial charge is 0.295 e. The number of allylic oxidation sites excluding steroid dienone is 4. The third-order valence-corrected chi connectivity index (χ3v) is 2.86. The molecule has 0 unspecified atom stereocenters. The minimum atomic E-state index is 0.171. The van der Waals surface area contributed by atoms with E-state index >= 15 is 0 Å². The lowest BCUT2D eigenvalue weighted by atomic mass is 9.72. The van der Waals surface area contributed by atoms with E-state index in [9.17, 15) is 4.79 Å². The molecule has 0 radical (unpaired) electrons. The monoisotopic (exact) mass is 178 g/mol. The van der Waals surface area contributed by atoms with Gasteiger partial charge in [-0.1, -0.05) is 26.0 Å². The summed E-state index contributed by atoms with van der Waals surface area (Å²) >= 11 is 0. The zero-order chi connectivity index (χ0) is 10.1. The summed E-state index contributed by atoms with van der Waals surface area (Å²) in [5.41, 5.74) is 2.34. The standard InChI is InChI=1S/C12H18O/c1-5-6-10-9(2)11(13)7-8-12(10,3)4/h5-6H,7-8H2,1-4H3/b6-5+. The number of carbonyl (C=O) groups excluding carboxylic acids is 1. The van der Waals surface area contributed by atoms with Gasteiger partial charge < -0.3 is 0 Å². The van der Waals surface area contributed by atoms with E-state index in [-0.39, 0.29) is 5.41 Å². The van der Waals surface area contributed by atoms with E-state index in [1.54, 1.807) is 0 Å². The van der Waals surface area contributed by atoms with E-state index in [0.29, 0.717) is 12.2 Å². The molecule has 1 aliphatic carbocycles. The van der Waals surface area contributed by atoms with Crippen molar-refractivity contribution < 1.29 is 4.79 Å². The Morgan fingerprint density at radius 2 is 2.00 bits per heavy atom. The fourth-order valence-corrected chi connectivity index (χ4v) is 1.92. The molecule has 13 heavy (non-hydrogen) atoms. The zero-order valence-electron chi connectivity index (χ0n) is 8.98. The predicted molar refractivity (Wildman–Crippen MR) is 55.5 cm³/mol. The van der Waals surface area contributed by atoms with Crippen LogP contribution >= 0.6 is 0 Å². The van der Waals surface area contributed by atoms with E-state index in [4.69, 9.17) is 0 Å². The van der Waals surface area contributed by atoms with Gasteiger partial charge >= 0.3 is 0 Å². The average Bonchev–Trinajstić information content (AvgIpc) is 2.07. The maximum absolute atomic E-state index is 11.5. The van der Waals surface area contributed by atoms with Crippen molar-refractivity contribution in [3.63, 3.8) is 0 Å². The molecule has 0 fully saturated rings. The van der Waals surface area contributed by atoms with Gasteiger partial charge in [-0.05, 0) is 36.8 Å². The summed E-state index contributed by atoms with van der Waals surface area (Å²) in [5.74, 6) is 0.312. The van der Waals surface area contributed by atoms with Crippen LogP contribution in [-0.2, 0) is 4.79 Å². The van der Waals surface area contributed by atoms with Gasteiger partial charge in [-0.2, -0.15) is 0 Å². The van der Waals surface area contributed by atoms with Crippen molar-refractivity contribution in [2.45, 2.75) is 40.5 Å². The third-order valence-electron chi connectivity index (χ3n) is 2.86. The van der Waals surface area contributed by atoms with Gasteiger partial charge in [0.05, 0.1) is 0 Å². The molecule has 0 N–H and O–H groups in total. The van der Waals surface area contributed by atoms with Crippen molar-refractivity contribution in [1.82, 2.24) is 0 Å². The lowest BCUT2D eigenvalue weighted by Crippen LogP contribution is -2.24. The second kappa shape index (κ2) is 3.49. The fourth-order valence-electron chi connectivity index (χ4n) is 1.92. The number of carbonyl (C=O) groups is 1. The van der Waals surface area contributed by atoms with Crippen LogP contribution in [0.2, 0.25) is 0 Å². The number of Topliss-reactive ketones (excluding diaryl/α,β-unsaturated/α-hetero) is 1. The highest BCUT2D eigenvalue weighted by Gasteiger charge is 2.30. The van der Waals surface area contributed by atoms with E-state index in [1.165, 1.54) is 5.57 Å². The second-order valence-corrected chi connectivity index (χ2v) is 4.35. The van der Waals surface area contributed by atoms with Crippen LogP contribution in [0.4, 0.5) is 0 Å². The van der Waals surface area contributed by atoms with Crippen molar-refractivity contribution in [2.24, 2.45) is 5.41 Å². The second-order valence-electron chi connectivity index (χ2n) is 4.35. The molecule has 0 saturated heterocycles. The van der Waals surface area contributed by atoms with E-state index < -0.39 is 0 Å². The summed E-state index contributed by atoms with van der Waals surface area (Å²) in [6.45, 7) is 8.35. The van der Waals surface area contributed by atoms with E-state index in [2.05, 4.69) is 19.9 Å². The van der Waals surface area contributed by atoms with Gasteiger partial charge in [-0.25, -0.2) is 0 Å². The highest BCUT2D eigenvalue weighted by Crippen LogP contribution is 2.39. The van der Waals surface area contributed by atoms with Crippen LogP contribution < -0.4 is 0 Å². The topological polar surface area (TPSA) is 17.1 Å². The Balaban J connectivity index is 3.17. The molecule has 1 heteroatoms. The van der Waals surface area contributed by atoms with Gasteiger partial charge in [0.1, 0.15) is 0 Å². The number of hydrogen-bond donors (Lipinski definition) is 0. The summed E-state index contributed by atoms with van der Waals surface area (Å²) in [6.07, 6.45) is 5.77. The number of hydrogen-bond acceptors (Lipinski definition) is 1. The Bertz CT molecular complexity index is 279. The quantitative estimate of drug-likeness (QED) is 0.602. The minimum absolute atomic E-state index is 0.171. The lowest BCUT2D eigenvalue weighted by molar-refractivity contribution is -0.116. The fraction of sp³-hybridized carbons (Fsp3) is 0.583. The molecule has 1 rings (SSSR count). The Hall–Kier alpha value is -0.850. The molecule has 0 aromatic rings. The van der Waals surface area contributed by atoms with Gasteiger partial charge in [-0.3, -0.25) is 4.79 Å². The maximum atomic E-state index is 11.5. The first-order valence-electron chi connectivity index (χ1n) is 4.86. The number of ketones is 1.